The molecule has 4 heteroatoms. The predicted molar refractivity (Wildman–Crippen MR) is 70.4 cm³/mol. The van der Waals surface area contributed by atoms with Gasteiger partial charge in [0, 0.05) is 19.0 Å². The number of carbonyl (C=O) groups is 1. The van der Waals surface area contributed by atoms with Crippen LogP contribution in [-0.4, -0.2) is 31.0 Å². The molecule has 0 aliphatic carbocycles. The maximum atomic E-state index is 10.9. The molecule has 0 unspecified atom stereocenters. The van der Waals surface area contributed by atoms with Crippen LogP contribution in [0.2, 0.25) is 0 Å². The molecule has 2 rings (SSSR count). The molecule has 1 fully saturated rings. The van der Waals surface area contributed by atoms with Crippen LogP contribution in [0.25, 0.3) is 0 Å². The second-order valence-corrected chi connectivity index (χ2v) is 4.69. The number of ether oxygens (including phenoxy) is 1. The minimum atomic E-state index is -0.230. The van der Waals surface area contributed by atoms with Crippen LogP contribution in [0, 0.1) is 0 Å². The van der Waals surface area contributed by atoms with Crippen molar-refractivity contribution in [3.05, 3.63) is 29.8 Å². The van der Waals surface area contributed by atoms with E-state index < -0.39 is 0 Å². The number of carbonyl (C=O) groups excluding carboxylic acids is 1. The fraction of sp³-hybridized carbons (Fsp3) is 0.500. The SMILES string of the molecule is COc1cccc([C@H]2CCCN2CCC(N)=O)c1. The van der Waals surface area contributed by atoms with E-state index in [1.54, 1.807) is 7.11 Å². The number of likely N-dealkylation sites (tertiary alicyclic amines) is 1. The van der Waals surface area contributed by atoms with Crippen molar-refractivity contribution >= 4 is 5.91 Å². The molecule has 1 aromatic carbocycles. The molecule has 1 aliphatic rings. The molecule has 0 spiro atoms. The van der Waals surface area contributed by atoms with Crippen LogP contribution in [0.3, 0.4) is 0 Å². The van der Waals surface area contributed by atoms with Gasteiger partial charge < -0.3 is 10.5 Å². The van der Waals surface area contributed by atoms with E-state index in [0.717, 1.165) is 25.3 Å². The van der Waals surface area contributed by atoms with Gasteiger partial charge in [-0.05, 0) is 37.1 Å². The van der Waals surface area contributed by atoms with Gasteiger partial charge in [0.05, 0.1) is 7.11 Å². The average Bonchev–Trinajstić information content (AvgIpc) is 2.84. The first kappa shape index (κ1) is 12.9. The third-order valence-corrected chi connectivity index (χ3v) is 3.49. The van der Waals surface area contributed by atoms with E-state index in [2.05, 4.69) is 17.0 Å². The summed E-state index contributed by atoms with van der Waals surface area (Å²) in [6.07, 6.45) is 2.73. The molecule has 4 nitrogen and oxygen atoms in total. The lowest BCUT2D eigenvalue weighted by Gasteiger charge is -2.24. The van der Waals surface area contributed by atoms with Crippen molar-refractivity contribution in [3.63, 3.8) is 0 Å². The Morgan fingerprint density at radius 2 is 2.39 bits per heavy atom. The molecular formula is C14H20N2O2. The molecule has 1 amide bonds. The number of amides is 1. The van der Waals surface area contributed by atoms with Gasteiger partial charge in [-0.1, -0.05) is 12.1 Å². The third-order valence-electron chi connectivity index (χ3n) is 3.49. The summed E-state index contributed by atoms with van der Waals surface area (Å²) in [6, 6.07) is 8.55. The van der Waals surface area contributed by atoms with Gasteiger partial charge in [0.25, 0.3) is 0 Å². The fourth-order valence-corrected chi connectivity index (χ4v) is 2.57. The van der Waals surface area contributed by atoms with Crippen molar-refractivity contribution in [2.75, 3.05) is 20.2 Å². The summed E-state index contributed by atoms with van der Waals surface area (Å²) in [5, 5.41) is 0. The first-order chi connectivity index (χ1) is 8.70. The van der Waals surface area contributed by atoms with E-state index in [9.17, 15) is 4.79 Å². The number of hydrogen-bond donors (Lipinski definition) is 1. The summed E-state index contributed by atoms with van der Waals surface area (Å²) >= 11 is 0. The van der Waals surface area contributed by atoms with E-state index in [4.69, 9.17) is 10.5 Å². The van der Waals surface area contributed by atoms with Crippen molar-refractivity contribution in [1.29, 1.82) is 0 Å². The lowest BCUT2D eigenvalue weighted by atomic mass is 10.0. The zero-order valence-electron chi connectivity index (χ0n) is 10.8. The second-order valence-electron chi connectivity index (χ2n) is 4.69. The fourth-order valence-electron chi connectivity index (χ4n) is 2.57. The Morgan fingerprint density at radius 1 is 1.56 bits per heavy atom. The number of rotatable bonds is 5. The highest BCUT2D eigenvalue weighted by molar-refractivity contribution is 5.73. The maximum absolute atomic E-state index is 10.9. The molecule has 1 heterocycles. The first-order valence-corrected chi connectivity index (χ1v) is 6.37. The molecule has 18 heavy (non-hydrogen) atoms. The Labute approximate surface area is 108 Å². The van der Waals surface area contributed by atoms with Gasteiger partial charge in [-0.15, -0.1) is 0 Å². The van der Waals surface area contributed by atoms with Gasteiger partial charge >= 0.3 is 0 Å². The van der Waals surface area contributed by atoms with Crippen molar-refractivity contribution in [2.45, 2.75) is 25.3 Å². The summed E-state index contributed by atoms with van der Waals surface area (Å²) < 4.78 is 5.26. The second kappa shape index (κ2) is 5.87. The normalized spacial score (nSPS) is 19.9. The lowest BCUT2D eigenvalue weighted by molar-refractivity contribution is -0.118. The number of nitrogens with two attached hydrogens (primary N) is 1. The standard InChI is InChI=1S/C14H20N2O2/c1-18-12-5-2-4-11(10-12)13-6-3-8-16(13)9-7-14(15)17/h2,4-5,10,13H,3,6-9H2,1H3,(H2,15,17)/t13-/m1/s1. The van der Waals surface area contributed by atoms with Crippen molar-refractivity contribution in [2.24, 2.45) is 5.73 Å². The molecule has 0 saturated carbocycles. The van der Waals surface area contributed by atoms with E-state index in [0.29, 0.717) is 12.5 Å². The number of hydrogen-bond acceptors (Lipinski definition) is 3. The smallest absolute Gasteiger partial charge is 0.218 e. The van der Waals surface area contributed by atoms with Crippen molar-refractivity contribution in [1.82, 2.24) is 4.90 Å². The van der Waals surface area contributed by atoms with Gasteiger partial charge in [-0.25, -0.2) is 0 Å². The average molecular weight is 248 g/mol. The monoisotopic (exact) mass is 248 g/mol. The van der Waals surface area contributed by atoms with E-state index in [1.165, 1.54) is 12.0 Å². The summed E-state index contributed by atoms with van der Waals surface area (Å²) in [7, 11) is 1.68. The maximum Gasteiger partial charge on any atom is 0.218 e. The summed E-state index contributed by atoms with van der Waals surface area (Å²) in [4.78, 5) is 13.2. The Morgan fingerprint density at radius 3 is 3.11 bits per heavy atom. The minimum Gasteiger partial charge on any atom is -0.497 e. The third kappa shape index (κ3) is 3.01. The summed E-state index contributed by atoms with van der Waals surface area (Å²) in [5.41, 5.74) is 6.48. The predicted octanol–water partition coefficient (Wildman–Crippen LogP) is 1.71. The first-order valence-electron chi connectivity index (χ1n) is 6.37. The minimum absolute atomic E-state index is 0.230. The van der Waals surface area contributed by atoms with Crippen LogP contribution in [0.5, 0.6) is 5.75 Å². The van der Waals surface area contributed by atoms with Crippen molar-refractivity contribution in [3.8, 4) is 5.75 Å². The molecular weight excluding hydrogens is 228 g/mol. The van der Waals surface area contributed by atoms with E-state index >= 15 is 0 Å². The Hall–Kier alpha value is -1.55. The largest absolute Gasteiger partial charge is 0.497 e. The van der Waals surface area contributed by atoms with E-state index in [-0.39, 0.29) is 5.91 Å². The zero-order chi connectivity index (χ0) is 13.0. The Kier molecular flexibility index (Phi) is 4.20. The highest BCUT2D eigenvalue weighted by Gasteiger charge is 2.25. The molecule has 1 atom stereocenters. The zero-order valence-corrected chi connectivity index (χ0v) is 10.8. The van der Waals surface area contributed by atoms with Gasteiger partial charge in [-0.2, -0.15) is 0 Å². The Bertz CT molecular complexity index is 420. The lowest BCUT2D eigenvalue weighted by Crippen LogP contribution is -2.27. The molecule has 1 saturated heterocycles. The number of methoxy groups -OCH3 is 1. The summed E-state index contributed by atoms with van der Waals surface area (Å²) in [5.74, 6) is 0.653. The summed E-state index contributed by atoms with van der Waals surface area (Å²) in [6.45, 7) is 1.78. The van der Waals surface area contributed by atoms with Crippen LogP contribution in [0.15, 0.2) is 24.3 Å². The van der Waals surface area contributed by atoms with Crippen LogP contribution >= 0.6 is 0 Å². The van der Waals surface area contributed by atoms with Gasteiger partial charge in [-0.3, -0.25) is 9.69 Å². The quantitative estimate of drug-likeness (QED) is 0.863. The van der Waals surface area contributed by atoms with Crippen LogP contribution in [-0.2, 0) is 4.79 Å². The Balaban J connectivity index is 2.07. The molecule has 0 radical (unpaired) electrons. The van der Waals surface area contributed by atoms with Crippen molar-refractivity contribution < 1.29 is 9.53 Å². The van der Waals surface area contributed by atoms with E-state index in [1.807, 2.05) is 12.1 Å². The van der Waals surface area contributed by atoms with Gasteiger partial charge in [0.1, 0.15) is 5.75 Å². The highest BCUT2D eigenvalue weighted by Crippen LogP contribution is 2.33. The molecule has 1 aliphatic heterocycles. The van der Waals surface area contributed by atoms with Gasteiger partial charge in [0.2, 0.25) is 5.91 Å². The molecule has 0 bridgehead atoms. The molecule has 0 aromatic heterocycles. The highest BCUT2D eigenvalue weighted by atomic mass is 16.5. The number of primary amides is 1. The molecule has 1 aromatic rings. The van der Waals surface area contributed by atoms with Gasteiger partial charge in [0.15, 0.2) is 0 Å². The van der Waals surface area contributed by atoms with Crippen LogP contribution in [0.4, 0.5) is 0 Å². The number of benzene rings is 1. The topological polar surface area (TPSA) is 55.6 Å². The number of nitrogens with zero attached hydrogens (tertiary/aromatic N) is 1. The molecule has 98 valence electrons. The molecule has 2 N–H and O–H groups in total. The van der Waals surface area contributed by atoms with Crippen LogP contribution < -0.4 is 10.5 Å². The van der Waals surface area contributed by atoms with Crippen LogP contribution in [0.1, 0.15) is 30.9 Å².